The van der Waals surface area contributed by atoms with Crippen LogP contribution in [-0.2, 0) is 9.59 Å². The number of carbonyl (C=O) groups excluding carboxylic acids is 2. The third-order valence-corrected chi connectivity index (χ3v) is 16.8. The maximum absolute atomic E-state index is 12.3. The van der Waals surface area contributed by atoms with Crippen LogP contribution in [0, 0.1) is 16.7 Å². The SMILES string of the molecule is CC12C=CC(=O)C=C1CCI1C2C(O)CC2(C)C(C(=O)CO)CCC12. The average Bonchev–Trinajstić information content (AvgIpc) is 2.91. The van der Waals surface area contributed by atoms with Gasteiger partial charge in [0, 0.05) is 0 Å². The number of halogens is 1. The van der Waals surface area contributed by atoms with Crippen molar-refractivity contribution in [2.24, 2.45) is 16.7 Å². The molecule has 2 heterocycles. The van der Waals surface area contributed by atoms with E-state index in [9.17, 15) is 19.8 Å². The van der Waals surface area contributed by atoms with Crippen LogP contribution >= 0.6 is 19.8 Å². The summed E-state index contributed by atoms with van der Waals surface area (Å²) in [4.78, 5) is 24.1. The van der Waals surface area contributed by atoms with Crippen LogP contribution in [0.1, 0.15) is 39.5 Å². The molecule has 2 N–H and O–H groups in total. The van der Waals surface area contributed by atoms with E-state index < -0.39 is 25.9 Å². The second kappa shape index (κ2) is 5.99. The molecule has 3 fully saturated rings. The molecule has 6 unspecified atom stereocenters. The van der Waals surface area contributed by atoms with Gasteiger partial charge in [0.2, 0.25) is 0 Å². The zero-order valence-electron chi connectivity index (χ0n) is 14.9. The van der Waals surface area contributed by atoms with Crippen molar-refractivity contribution in [1.82, 2.24) is 0 Å². The van der Waals surface area contributed by atoms with Crippen molar-refractivity contribution >= 4 is 31.4 Å². The molecular formula is C20H27IO4. The van der Waals surface area contributed by atoms with Crippen molar-refractivity contribution in [2.75, 3.05) is 11.0 Å². The fourth-order valence-corrected chi connectivity index (χ4v) is 16.8. The first-order valence-electron chi connectivity index (χ1n) is 9.20. The van der Waals surface area contributed by atoms with E-state index in [0.717, 1.165) is 23.7 Å². The Bertz CT molecular complexity index is 683. The van der Waals surface area contributed by atoms with Gasteiger partial charge in [-0.1, -0.05) is 0 Å². The molecule has 25 heavy (non-hydrogen) atoms. The molecule has 0 amide bonds. The minimum absolute atomic E-state index is 0.0431. The van der Waals surface area contributed by atoms with Gasteiger partial charge in [-0.3, -0.25) is 0 Å². The molecule has 4 nitrogen and oxygen atoms in total. The molecule has 0 aromatic heterocycles. The third kappa shape index (κ3) is 2.45. The predicted octanol–water partition coefficient (Wildman–Crippen LogP) is 2.45. The van der Waals surface area contributed by atoms with Gasteiger partial charge >= 0.3 is 156 Å². The van der Waals surface area contributed by atoms with Gasteiger partial charge in [0.05, 0.1) is 0 Å². The van der Waals surface area contributed by atoms with Gasteiger partial charge in [-0.15, -0.1) is 0 Å². The summed E-state index contributed by atoms with van der Waals surface area (Å²) in [6, 6.07) is 0. The molecule has 2 aliphatic heterocycles. The van der Waals surface area contributed by atoms with Crippen LogP contribution in [0.25, 0.3) is 0 Å². The van der Waals surface area contributed by atoms with Crippen LogP contribution in [0.15, 0.2) is 23.8 Å². The fourth-order valence-electron chi connectivity index (χ4n) is 5.96. The first-order chi connectivity index (χ1) is 11.8. The Balaban J connectivity index is 1.71. The summed E-state index contributed by atoms with van der Waals surface area (Å²) < 4.78 is 1.96. The number of hydrogen-bond acceptors (Lipinski definition) is 4. The van der Waals surface area contributed by atoms with E-state index in [2.05, 4.69) is 19.9 Å². The quantitative estimate of drug-likeness (QED) is 0.493. The van der Waals surface area contributed by atoms with Crippen molar-refractivity contribution in [3.8, 4) is 0 Å². The van der Waals surface area contributed by atoms with Gasteiger partial charge in [0.1, 0.15) is 0 Å². The number of fused-ring (bicyclic) bond motifs is 5. The summed E-state index contributed by atoms with van der Waals surface area (Å²) in [7, 11) is 0. The zero-order chi connectivity index (χ0) is 18.0. The van der Waals surface area contributed by atoms with Crippen LogP contribution in [0.5, 0.6) is 0 Å². The Morgan fingerprint density at radius 1 is 1.36 bits per heavy atom. The average molecular weight is 458 g/mol. The van der Waals surface area contributed by atoms with E-state index in [1.165, 1.54) is 5.57 Å². The molecule has 138 valence electrons. The number of allylic oxidation sites excluding steroid dienone is 4. The second-order valence-corrected chi connectivity index (χ2v) is 14.9. The van der Waals surface area contributed by atoms with Crippen LogP contribution in [-0.4, -0.2) is 46.8 Å². The van der Waals surface area contributed by atoms with Crippen LogP contribution in [0.4, 0.5) is 0 Å². The minimum atomic E-state index is -1.55. The summed E-state index contributed by atoms with van der Waals surface area (Å²) in [5.41, 5.74) is 0.866. The monoisotopic (exact) mass is 458 g/mol. The normalized spacial score (nSPS) is 47.0. The molecule has 6 atom stereocenters. The Kier molecular flexibility index (Phi) is 4.28. The third-order valence-electron chi connectivity index (χ3n) is 7.15. The maximum atomic E-state index is 12.3. The van der Waals surface area contributed by atoms with Crippen LogP contribution in [0.3, 0.4) is 0 Å². The number of aliphatic hydroxyl groups is 2. The standard InChI is InChI=1S/C20H27IO4/c1-19-7-5-13(23)9-12(19)6-8-21-17-4-3-14(16(25)11-22)20(17,2)10-15(24)18(19)21/h5,7,9,14-15,17-18,22,24H,3-4,6,8,10-11H2,1-2H3. The van der Waals surface area contributed by atoms with Crippen molar-refractivity contribution in [3.05, 3.63) is 23.8 Å². The van der Waals surface area contributed by atoms with Gasteiger partial charge in [-0.05, 0) is 0 Å². The van der Waals surface area contributed by atoms with Crippen molar-refractivity contribution < 1.29 is 19.8 Å². The van der Waals surface area contributed by atoms with Gasteiger partial charge < -0.3 is 0 Å². The molecule has 1 saturated carbocycles. The van der Waals surface area contributed by atoms with Gasteiger partial charge in [0.15, 0.2) is 0 Å². The molecule has 4 aliphatic rings. The molecule has 2 saturated heterocycles. The van der Waals surface area contributed by atoms with E-state index >= 15 is 0 Å². The van der Waals surface area contributed by atoms with Crippen molar-refractivity contribution in [2.45, 2.75) is 53.5 Å². The number of alkyl halides is 3. The molecule has 0 bridgehead atoms. The number of Topliss-reactive ketones (excluding diaryl/α,β-unsaturated/α-hetero) is 1. The van der Waals surface area contributed by atoms with Crippen molar-refractivity contribution in [3.63, 3.8) is 0 Å². The number of ketones is 2. The number of rotatable bonds is 2. The van der Waals surface area contributed by atoms with E-state index in [-0.39, 0.29) is 38.8 Å². The number of hydrogen-bond donors (Lipinski definition) is 2. The molecule has 0 aromatic carbocycles. The molecule has 0 aromatic rings. The first kappa shape index (κ1) is 17.9. The van der Waals surface area contributed by atoms with Crippen molar-refractivity contribution in [1.29, 1.82) is 0 Å². The zero-order valence-corrected chi connectivity index (χ0v) is 17.0. The molecule has 0 spiro atoms. The summed E-state index contributed by atoms with van der Waals surface area (Å²) in [6.45, 7) is 4.01. The number of carbonyl (C=O) groups is 2. The number of aliphatic hydroxyl groups excluding tert-OH is 2. The Morgan fingerprint density at radius 3 is 2.84 bits per heavy atom. The summed E-state index contributed by atoms with van der Waals surface area (Å²) >= 11 is -1.55. The molecule has 4 rings (SSSR count). The van der Waals surface area contributed by atoms with Gasteiger partial charge in [-0.25, -0.2) is 0 Å². The topological polar surface area (TPSA) is 74.6 Å². The Morgan fingerprint density at radius 2 is 2.12 bits per heavy atom. The van der Waals surface area contributed by atoms with E-state index in [1.54, 1.807) is 12.2 Å². The van der Waals surface area contributed by atoms with Gasteiger partial charge in [0.25, 0.3) is 0 Å². The second-order valence-electron chi connectivity index (χ2n) is 8.46. The Labute approximate surface area is 156 Å². The van der Waals surface area contributed by atoms with Gasteiger partial charge in [-0.2, -0.15) is 0 Å². The molecule has 2 aliphatic carbocycles. The Hall–Kier alpha value is -0.530. The molecule has 5 heteroatoms. The first-order valence-corrected chi connectivity index (χ1v) is 13.2. The summed E-state index contributed by atoms with van der Waals surface area (Å²) in [5.74, 6) is -0.0681. The van der Waals surface area contributed by atoms with Crippen LogP contribution in [0.2, 0.25) is 0 Å². The fraction of sp³-hybridized carbons (Fsp3) is 0.700. The summed E-state index contributed by atoms with van der Waals surface area (Å²) in [5, 5.41) is 20.5. The van der Waals surface area contributed by atoms with E-state index in [1.807, 2.05) is 0 Å². The predicted molar refractivity (Wildman–Crippen MR) is 105 cm³/mol. The van der Waals surface area contributed by atoms with E-state index in [4.69, 9.17) is 0 Å². The molecule has 0 radical (unpaired) electrons. The van der Waals surface area contributed by atoms with E-state index in [0.29, 0.717) is 10.3 Å². The summed E-state index contributed by atoms with van der Waals surface area (Å²) in [6.07, 6.45) is 8.65. The molecular weight excluding hydrogens is 431 g/mol. The van der Waals surface area contributed by atoms with Crippen LogP contribution < -0.4 is 0 Å².